The molecule has 0 atom stereocenters. The molecule has 0 radical (unpaired) electrons. The number of benzene rings is 1. The Hall–Kier alpha value is -2.30. The highest BCUT2D eigenvalue weighted by atomic mass is 16.2. The van der Waals surface area contributed by atoms with E-state index in [4.69, 9.17) is 5.73 Å². The molecule has 0 aliphatic rings. The van der Waals surface area contributed by atoms with Crippen LogP contribution >= 0.6 is 0 Å². The second-order valence-electron chi connectivity index (χ2n) is 5.08. The first kappa shape index (κ1) is 15.1. The van der Waals surface area contributed by atoms with Crippen molar-refractivity contribution in [3.05, 3.63) is 40.7 Å². The molecule has 0 spiro atoms. The number of anilines is 2. The molecule has 0 bridgehead atoms. The number of hydrogen-bond acceptors (Lipinski definition) is 3. The van der Waals surface area contributed by atoms with Crippen LogP contribution in [0.15, 0.2) is 18.2 Å². The normalized spacial score (nSPS) is 10.7. The molecule has 21 heavy (non-hydrogen) atoms. The van der Waals surface area contributed by atoms with Crippen molar-refractivity contribution in [2.75, 3.05) is 11.1 Å². The maximum absolute atomic E-state index is 12.6. The summed E-state index contributed by atoms with van der Waals surface area (Å²) in [4.78, 5) is 12.6. The zero-order chi connectivity index (χ0) is 15.6. The summed E-state index contributed by atoms with van der Waals surface area (Å²) >= 11 is 0. The standard InChI is InChI=1S/C16H22N4O/c1-5-12-9-7-8-10(3)14(12)18-16(21)15-13(17)11(4)19-20(15)6-2/h7-9H,5-6,17H2,1-4H3,(H,18,21). The number of nitrogens with zero attached hydrogens (tertiary/aromatic N) is 2. The summed E-state index contributed by atoms with van der Waals surface area (Å²) in [6.45, 7) is 8.41. The number of amides is 1. The number of hydrogen-bond donors (Lipinski definition) is 2. The molecule has 1 heterocycles. The van der Waals surface area contributed by atoms with E-state index in [-0.39, 0.29) is 5.91 Å². The molecule has 0 unspecified atom stereocenters. The molecule has 0 saturated heterocycles. The fourth-order valence-electron chi connectivity index (χ4n) is 2.44. The van der Waals surface area contributed by atoms with Gasteiger partial charge in [-0.25, -0.2) is 0 Å². The molecule has 0 aliphatic heterocycles. The van der Waals surface area contributed by atoms with Crippen LogP contribution in [0.5, 0.6) is 0 Å². The van der Waals surface area contributed by atoms with E-state index in [2.05, 4.69) is 17.3 Å². The number of nitrogens with one attached hydrogen (secondary N) is 1. The van der Waals surface area contributed by atoms with Gasteiger partial charge in [0.05, 0.1) is 11.4 Å². The average Bonchev–Trinajstić information content (AvgIpc) is 2.76. The van der Waals surface area contributed by atoms with Crippen molar-refractivity contribution in [3.63, 3.8) is 0 Å². The van der Waals surface area contributed by atoms with Crippen LogP contribution in [-0.2, 0) is 13.0 Å². The van der Waals surface area contributed by atoms with E-state index in [1.54, 1.807) is 4.68 Å². The van der Waals surface area contributed by atoms with Crippen LogP contribution in [0.1, 0.15) is 41.2 Å². The Labute approximate surface area is 125 Å². The molecule has 1 aromatic carbocycles. The van der Waals surface area contributed by atoms with Crippen molar-refractivity contribution >= 4 is 17.3 Å². The minimum atomic E-state index is -0.209. The van der Waals surface area contributed by atoms with Gasteiger partial charge in [-0.2, -0.15) is 5.10 Å². The zero-order valence-electron chi connectivity index (χ0n) is 13.0. The summed E-state index contributed by atoms with van der Waals surface area (Å²) in [6.07, 6.45) is 0.860. The number of nitrogen functional groups attached to an aromatic ring is 1. The van der Waals surface area contributed by atoms with Crippen molar-refractivity contribution in [2.24, 2.45) is 0 Å². The van der Waals surface area contributed by atoms with Crippen LogP contribution in [0.2, 0.25) is 0 Å². The number of carbonyl (C=O) groups is 1. The molecule has 2 aromatic rings. The van der Waals surface area contributed by atoms with E-state index in [0.717, 1.165) is 23.2 Å². The van der Waals surface area contributed by atoms with Gasteiger partial charge in [0.2, 0.25) is 0 Å². The molecular formula is C16H22N4O. The predicted molar refractivity (Wildman–Crippen MR) is 85.6 cm³/mol. The summed E-state index contributed by atoms with van der Waals surface area (Å²) in [5.41, 5.74) is 10.6. The van der Waals surface area contributed by atoms with Gasteiger partial charge in [0.1, 0.15) is 5.69 Å². The maximum Gasteiger partial charge on any atom is 0.276 e. The molecule has 3 N–H and O–H groups in total. The highest BCUT2D eigenvalue weighted by Crippen LogP contribution is 2.24. The van der Waals surface area contributed by atoms with Gasteiger partial charge in [-0.05, 0) is 38.3 Å². The lowest BCUT2D eigenvalue weighted by atomic mass is 10.1. The second-order valence-corrected chi connectivity index (χ2v) is 5.08. The molecule has 5 heteroatoms. The Bertz CT molecular complexity index is 673. The smallest absolute Gasteiger partial charge is 0.276 e. The van der Waals surface area contributed by atoms with Crippen molar-refractivity contribution in [2.45, 2.75) is 40.7 Å². The third kappa shape index (κ3) is 2.77. The first-order valence-electron chi connectivity index (χ1n) is 7.22. The van der Waals surface area contributed by atoms with E-state index < -0.39 is 0 Å². The van der Waals surface area contributed by atoms with Crippen LogP contribution in [0.25, 0.3) is 0 Å². The fraction of sp³-hybridized carbons (Fsp3) is 0.375. The molecule has 0 saturated carbocycles. The summed E-state index contributed by atoms with van der Waals surface area (Å²) in [5, 5.41) is 7.28. The predicted octanol–water partition coefficient (Wildman–Crippen LogP) is 2.92. The quantitative estimate of drug-likeness (QED) is 0.907. The maximum atomic E-state index is 12.6. The van der Waals surface area contributed by atoms with E-state index in [1.165, 1.54) is 0 Å². The van der Waals surface area contributed by atoms with E-state index in [1.807, 2.05) is 39.0 Å². The number of nitrogens with two attached hydrogens (primary N) is 1. The van der Waals surface area contributed by atoms with Crippen molar-refractivity contribution in [3.8, 4) is 0 Å². The Morgan fingerprint density at radius 1 is 1.33 bits per heavy atom. The topological polar surface area (TPSA) is 72.9 Å². The molecule has 112 valence electrons. The van der Waals surface area contributed by atoms with Gasteiger partial charge in [-0.1, -0.05) is 25.1 Å². The molecular weight excluding hydrogens is 264 g/mol. The number of aromatic nitrogens is 2. The Morgan fingerprint density at radius 3 is 2.67 bits per heavy atom. The second kappa shape index (κ2) is 5.99. The van der Waals surface area contributed by atoms with Crippen LogP contribution in [-0.4, -0.2) is 15.7 Å². The first-order valence-corrected chi connectivity index (χ1v) is 7.22. The number of aryl methyl sites for hydroxylation is 4. The van der Waals surface area contributed by atoms with Crippen molar-refractivity contribution < 1.29 is 4.79 Å². The lowest BCUT2D eigenvalue weighted by molar-refractivity contribution is 0.101. The minimum absolute atomic E-state index is 0.209. The van der Waals surface area contributed by atoms with E-state index in [9.17, 15) is 4.79 Å². The number of rotatable bonds is 4. The van der Waals surface area contributed by atoms with E-state index >= 15 is 0 Å². The summed E-state index contributed by atoms with van der Waals surface area (Å²) in [5.74, 6) is -0.209. The highest BCUT2D eigenvalue weighted by Gasteiger charge is 2.20. The van der Waals surface area contributed by atoms with E-state index in [0.29, 0.717) is 23.6 Å². The fourth-order valence-corrected chi connectivity index (χ4v) is 2.44. The van der Waals surface area contributed by atoms with Gasteiger partial charge < -0.3 is 11.1 Å². The monoisotopic (exact) mass is 286 g/mol. The highest BCUT2D eigenvalue weighted by molar-refractivity contribution is 6.07. The summed E-state index contributed by atoms with van der Waals surface area (Å²) in [6, 6.07) is 6.01. The van der Waals surface area contributed by atoms with Gasteiger partial charge in [0.15, 0.2) is 0 Å². The number of carbonyl (C=O) groups excluding carboxylic acids is 1. The van der Waals surface area contributed by atoms with Gasteiger partial charge in [0, 0.05) is 12.2 Å². The molecule has 0 fully saturated rings. The third-order valence-electron chi connectivity index (χ3n) is 3.67. The zero-order valence-corrected chi connectivity index (χ0v) is 13.0. The van der Waals surface area contributed by atoms with Crippen LogP contribution in [0.4, 0.5) is 11.4 Å². The Morgan fingerprint density at radius 2 is 2.05 bits per heavy atom. The molecule has 2 rings (SSSR count). The third-order valence-corrected chi connectivity index (χ3v) is 3.67. The molecule has 1 aromatic heterocycles. The Balaban J connectivity index is 2.40. The first-order chi connectivity index (χ1) is 9.99. The van der Waals surface area contributed by atoms with Gasteiger partial charge in [-0.15, -0.1) is 0 Å². The van der Waals surface area contributed by atoms with Gasteiger partial charge >= 0.3 is 0 Å². The van der Waals surface area contributed by atoms with Gasteiger partial charge in [0.25, 0.3) is 5.91 Å². The minimum Gasteiger partial charge on any atom is -0.395 e. The van der Waals surface area contributed by atoms with Crippen LogP contribution in [0, 0.1) is 13.8 Å². The van der Waals surface area contributed by atoms with Crippen LogP contribution in [0.3, 0.4) is 0 Å². The molecule has 0 aliphatic carbocycles. The largest absolute Gasteiger partial charge is 0.395 e. The summed E-state index contributed by atoms with van der Waals surface area (Å²) in [7, 11) is 0. The van der Waals surface area contributed by atoms with Crippen LogP contribution < -0.4 is 11.1 Å². The lowest BCUT2D eigenvalue weighted by Crippen LogP contribution is -2.20. The molecule has 1 amide bonds. The lowest BCUT2D eigenvalue weighted by Gasteiger charge is -2.13. The number of para-hydroxylation sites is 1. The summed E-state index contributed by atoms with van der Waals surface area (Å²) < 4.78 is 1.64. The van der Waals surface area contributed by atoms with Gasteiger partial charge in [-0.3, -0.25) is 9.48 Å². The average molecular weight is 286 g/mol. The Kier molecular flexibility index (Phi) is 4.31. The van der Waals surface area contributed by atoms with Crippen molar-refractivity contribution in [1.82, 2.24) is 9.78 Å². The SMILES string of the molecule is CCc1cccc(C)c1NC(=O)c1c(N)c(C)nn1CC. The van der Waals surface area contributed by atoms with Crippen molar-refractivity contribution in [1.29, 1.82) is 0 Å². The molecule has 5 nitrogen and oxygen atoms in total.